The molecule has 5 nitrogen and oxygen atoms in total. The van der Waals surface area contributed by atoms with Crippen LogP contribution in [-0.4, -0.2) is 40.8 Å². The number of anilines is 2. The quantitative estimate of drug-likeness (QED) is 0.928. The zero-order valence-electron chi connectivity index (χ0n) is 10.0. The molecule has 0 spiro atoms. The summed E-state index contributed by atoms with van der Waals surface area (Å²) in [7, 11) is 0. The smallest absolute Gasteiger partial charge is 0.345 e. The third-order valence-corrected chi connectivity index (χ3v) is 2.85. The lowest BCUT2D eigenvalue weighted by Gasteiger charge is -2.26. The molecule has 0 aromatic carbocycles. The van der Waals surface area contributed by atoms with Crippen LogP contribution in [0.15, 0.2) is 0 Å². The van der Waals surface area contributed by atoms with Crippen molar-refractivity contribution in [1.82, 2.24) is 15.0 Å². The Morgan fingerprint density at radius 1 is 1.11 bits per heavy atom. The second kappa shape index (κ2) is 5.77. The fourth-order valence-electron chi connectivity index (χ4n) is 1.83. The van der Waals surface area contributed by atoms with Crippen LogP contribution in [-0.2, 0) is 0 Å². The SMILES string of the molecule is FC(F)(F)CNc1nc(Cl)nc(N2CCCCC2)n1. The molecule has 0 saturated carbocycles. The normalized spacial score (nSPS) is 16.5. The monoisotopic (exact) mass is 295 g/mol. The van der Waals surface area contributed by atoms with E-state index >= 15 is 0 Å². The highest BCUT2D eigenvalue weighted by Gasteiger charge is 2.27. The second-order valence-electron chi connectivity index (χ2n) is 4.24. The van der Waals surface area contributed by atoms with Crippen LogP contribution in [0.4, 0.5) is 25.1 Å². The van der Waals surface area contributed by atoms with E-state index in [0.717, 1.165) is 32.4 Å². The topological polar surface area (TPSA) is 53.9 Å². The van der Waals surface area contributed by atoms with E-state index in [2.05, 4.69) is 20.3 Å². The van der Waals surface area contributed by atoms with Gasteiger partial charge in [0, 0.05) is 13.1 Å². The van der Waals surface area contributed by atoms with Crippen molar-refractivity contribution in [1.29, 1.82) is 0 Å². The van der Waals surface area contributed by atoms with Crippen LogP contribution in [0, 0.1) is 0 Å². The first-order valence-electron chi connectivity index (χ1n) is 5.91. The average Bonchev–Trinajstić information content (AvgIpc) is 2.36. The van der Waals surface area contributed by atoms with Gasteiger partial charge in [-0.05, 0) is 30.9 Å². The molecule has 1 aliphatic heterocycles. The summed E-state index contributed by atoms with van der Waals surface area (Å²) < 4.78 is 36.4. The molecular formula is C10H13ClF3N5. The van der Waals surface area contributed by atoms with Crippen molar-refractivity contribution in [2.45, 2.75) is 25.4 Å². The van der Waals surface area contributed by atoms with Crippen LogP contribution >= 0.6 is 11.6 Å². The van der Waals surface area contributed by atoms with Gasteiger partial charge in [-0.3, -0.25) is 0 Å². The molecule has 1 fully saturated rings. The number of nitrogens with zero attached hydrogens (tertiary/aromatic N) is 4. The lowest BCUT2D eigenvalue weighted by molar-refractivity contribution is -0.115. The van der Waals surface area contributed by atoms with Crippen molar-refractivity contribution in [2.75, 3.05) is 29.9 Å². The van der Waals surface area contributed by atoms with Gasteiger partial charge in [0.1, 0.15) is 6.54 Å². The molecule has 9 heteroatoms. The number of halogens is 4. The van der Waals surface area contributed by atoms with E-state index < -0.39 is 12.7 Å². The summed E-state index contributed by atoms with van der Waals surface area (Å²) >= 11 is 5.71. The maximum Gasteiger partial charge on any atom is 0.405 e. The summed E-state index contributed by atoms with van der Waals surface area (Å²) in [5, 5.41) is 2.00. The first kappa shape index (κ1) is 14.1. The molecule has 0 bridgehead atoms. The van der Waals surface area contributed by atoms with Crippen molar-refractivity contribution >= 4 is 23.5 Å². The number of hydrogen-bond donors (Lipinski definition) is 1. The number of hydrogen-bond acceptors (Lipinski definition) is 5. The number of aromatic nitrogens is 3. The van der Waals surface area contributed by atoms with Gasteiger partial charge >= 0.3 is 6.18 Å². The number of rotatable bonds is 3. The van der Waals surface area contributed by atoms with Crippen LogP contribution in [0.25, 0.3) is 0 Å². The Kier molecular flexibility index (Phi) is 4.28. The highest BCUT2D eigenvalue weighted by Crippen LogP contribution is 2.20. The highest BCUT2D eigenvalue weighted by atomic mass is 35.5. The summed E-state index contributed by atoms with van der Waals surface area (Å²) in [6, 6.07) is 0. The lowest BCUT2D eigenvalue weighted by Crippen LogP contribution is -2.31. The van der Waals surface area contributed by atoms with Crippen molar-refractivity contribution < 1.29 is 13.2 Å². The van der Waals surface area contributed by atoms with Gasteiger partial charge in [0.25, 0.3) is 0 Å². The number of piperidine rings is 1. The number of alkyl halides is 3. The summed E-state index contributed by atoms with van der Waals surface area (Å²) in [5.41, 5.74) is 0. The van der Waals surface area contributed by atoms with Gasteiger partial charge in [-0.1, -0.05) is 0 Å². The first-order valence-corrected chi connectivity index (χ1v) is 6.29. The van der Waals surface area contributed by atoms with E-state index in [9.17, 15) is 13.2 Å². The summed E-state index contributed by atoms with van der Waals surface area (Å²) in [5.74, 6) is 0.169. The molecule has 1 saturated heterocycles. The summed E-state index contributed by atoms with van der Waals surface area (Å²) in [6.07, 6.45) is -1.18. The van der Waals surface area contributed by atoms with Crippen molar-refractivity contribution in [3.05, 3.63) is 5.28 Å². The van der Waals surface area contributed by atoms with E-state index in [1.165, 1.54) is 0 Å². The van der Waals surface area contributed by atoms with Gasteiger partial charge in [0.2, 0.25) is 17.2 Å². The van der Waals surface area contributed by atoms with Crippen molar-refractivity contribution in [3.8, 4) is 0 Å². The molecule has 1 aliphatic rings. The summed E-state index contributed by atoms with van der Waals surface area (Å²) in [4.78, 5) is 13.5. The van der Waals surface area contributed by atoms with E-state index in [-0.39, 0.29) is 11.2 Å². The van der Waals surface area contributed by atoms with Gasteiger partial charge in [0.05, 0.1) is 0 Å². The Labute approximate surface area is 113 Å². The maximum atomic E-state index is 12.1. The van der Waals surface area contributed by atoms with Crippen LogP contribution < -0.4 is 10.2 Å². The fraction of sp³-hybridized carbons (Fsp3) is 0.700. The molecule has 19 heavy (non-hydrogen) atoms. The minimum absolute atomic E-state index is 0.111. The number of nitrogens with one attached hydrogen (secondary N) is 1. The average molecular weight is 296 g/mol. The molecule has 1 aromatic heterocycles. The fourth-order valence-corrected chi connectivity index (χ4v) is 1.99. The van der Waals surface area contributed by atoms with Gasteiger partial charge < -0.3 is 10.2 Å². The highest BCUT2D eigenvalue weighted by molar-refractivity contribution is 6.28. The molecule has 2 heterocycles. The van der Waals surface area contributed by atoms with E-state index in [4.69, 9.17) is 11.6 Å². The Morgan fingerprint density at radius 2 is 1.79 bits per heavy atom. The van der Waals surface area contributed by atoms with E-state index in [1.807, 2.05) is 4.90 Å². The molecule has 0 atom stereocenters. The predicted octanol–water partition coefficient (Wildman–Crippen LogP) is 2.49. The zero-order chi connectivity index (χ0) is 13.9. The minimum atomic E-state index is -4.33. The molecule has 1 N–H and O–H groups in total. The van der Waals surface area contributed by atoms with Gasteiger partial charge in [-0.25, -0.2) is 0 Å². The third-order valence-electron chi connectivity index (χ3n) is 2.68. The standard InChI is InChI=1S/C10H13ClF3N5/c11-7-16-8(15-6-10(12,13)14)18-9(17-7)19-4-2-1-3-5-19/h1-6H2,(H,15,16,17,18). The van der Waals surface area contributed by atoms with Crippen molar-refractivity contribution in [3.63, 3.8) is 0 Å². The Balaban J connectivity index is 2.10. The Morgan fingerprint density at radius 3 is 2.42 bits per heavy atom. The Bertz CT molecular complexity index is 434. The molecule has 106 valence electrons. The molecule has 0 aliphatic carbocycles. The van der Waals surface area contributed by atoms with Crippen LogP contribution in [0.1, 0.15) is 19.3 Å². The lowest BCUT2D eigenvalue weighted by atomic mass is 10.1. The molecule has 0 unspecified atom stereocenters. The molecule has 0 amide bonds. The molecular weight excluding hydrogens is 283 g/mol. The Hall–Kier alpha value is -1.31. The van der Waals surface area contributed by atoms with Crippen LogP contribution in [0.3, 0.4) is 0 Å². The van der Waals surface area contributed by atoms with Crippen LogP contribution in [0.5, 0.6) is 0 Å². The van der Waals surface area contributed by atoms with Gasteiger partial charge in [-0.15, -0.1) is 0 Å². The molecule has 2 rings (SSSR count). The van der Waals surface area contributed by atoms with Gasteiger partial charge in [0.15, 0.2) is 0 Å². The molecule has 0 radical (unpaired) electrons. The minimum Gasteiger partial charge on any atom is -0.345 e. The third kappa shape index (κ3) is 4.38. The van der Waals surface area contributed by atoms with E-state index in [1.54, 1.807) is 0 Å². The first-order chi connectivity index (χ1) is 8.94. The molecule has 1 aromatic rings. The second-order valence-corrected chi connectivity index (χ2v) is 4.58. The van der Waals surface area contributed by atoms with E-state index in [0.29, 0.717) is 5.95 Å². The van der Waals surface area contributed by atoms with Crippen LogP contribution in [0.2, 0.25) is 5.28 Å². The summed E-state index contributed by atoms with van der Waals surface area (Å²) in [6.45, 7) is 0.352. The van der Waals surface area contributed by atoms with Gasteiger partial charge in [-0.2, -0.15) is 28.1 Å². The largest absolute Gasteiger partial charge is 0.405 e. The maximum absolute atomic E-state index is 12.1. The van der Waals surface area contributed by atoms with Crippen molar-refractivity contribution in [2.24, 2.45) is 0 Å². The zero-order valence-corrected chi connectivity index (χ0v) is 10.8. The predicted molar refractivity (Wildman–Crippen MR) is 65.4 cm³/mol.